The highest BCUT2D eigenvalue weighted by Crippen LogP contribution is 2.51. The number of nitrogens with zero attached hydrogens (tertiary/aromatic N) is 3. The van der Waals surface area contributed by atoms with Gasteiger partial charge in [0.25, 0.3) is 0 Å². The minimum Gasteiger partial charge on any atom is -0.383 e. The van der Waals surface area contributed by atoms with E-state index >= 15 is 0 Å². The van der Waals surface area contributed by atoms with Gasteiger partial charge >= 0.3 is 0 Å². The van der Waals surface area contributed by atoms with Crippen LogP contribution in [0.1, 0.15) is 50.3 Å². The van der Waals surface area contributed by atoms with Crippen molar-refractivity contribution in [1.29, 1.82) is 5.26 Å². The Hall–Kier alpha value is -3.90. The van der Waals surface area contributed by atoms with Crippen LogP contribution in [0.4, 0.5) is 11.4 Å². The summed E-state index contributed by atoms with van der Waals surface area (Å²) in [6.07, 6.45) is 5.80. The summed E-state index contributed by atoms with van der Waals surface area (Å²) in [4.78, 5) is 4.53. The van der Waals surface area contributed by atoms with Crippen molar-refractivity contribution in [1.82, 2.24) is 21.0 Å². The molecule has 218 valence electrons. The average molecular weight is 610 g/mol. The average Bonchev–Trinajstić information content (AvgIpc) is 3.64. The number of hydrogen-bond donors (Lipinski definition) is 4. The molecule has 4 N–H and O–H groups in total. The van der Waals surface area contributed by atoms with Crippen LogP contribution < -0.4 is 21.6 Å². The number of anilines is 2. The summed E-state index contributed by atoms with van der Waals surface area (Å²) >= 11 is 13.7. The highest BCUT2D eigenvalue weighted by atomic mass is 35.5. The summed E-state index contributed by atoms with van der Waals surface area (Å²) in [5.41, 5.74) is 11.6. The van der Waals surface area contributed by atoms with E-state index in [1.165, 1.54) is 5.56 Å². The van der Waals surface area contributed by atoms with Crippen LogP contribution >= 0.6 is 23.2 Å². The normalized spacial score (nSPS) is 17.0. The third-order valence-corrected chi connectivity index (χ3v) is 8.87. The summed E-state index contributed by atoms with van der Waals surface area (Å²) in [5.74, 6) is 0. The molecule has 1 aliphatic carbocycles. The van der Waals surface area contributed by atoms with Crippen LogP contribution in [0.15, 0.2) is 84.8 Å². The quantitative estimate of drug-likeness (QED) is 0.167. The molecule has 7 nitrogen and oxygen atoms in total. The zero-order valence-electron chi connectivity index (χ0n) is 24.7. The van der Waals surface area contributed by atoms with Crippen molar-refractivity contribution in [3.05, 3.63) is 112 Å². The molecule has 0 bridgehead atoms. The molecule has 3 aromatic carbocycles. The molecule has 1 fully saturated rings. The van der Waals surface area contributed by atoms with E-state index < -0.39 is 5.44 Å². The molecule has 0 saturated heterocycles. The lowest BCUT2D eigenvalue weighted by Gasteiger charge is -2.34. The van der Waals surface area contributed by atoms with Crippen LogP contribution in [0.3, 0.4) is 0 Å². The minimum atomic E-state index is -0.789. The van der Waals surface area contributed by atoms with E-state index in [0.29, 0.717) is 27.7 Å². The summed E-state index contributed by atoms with van der Waals surface area (Å²) < 4.78 is 0. The van der Waals surface area contributed by atoms with Crippen LogP contribution in [-0.2, 0) is 11.0 Å². The Morgan fingerprint density at radius 2 is 1.77 bits per heavy atom. The minimum absolute atomic E-state index is 0.00274. The molecule has 1 aliphatic heterocycles. The molecule has 0 amide bonds. The van der Waals surface area contributed by atoms with Crippen molar-refractivity contribution in [3.63, 3.8) is 0 Å². The molecular weight excluding hydrogens is 576 g/mol. The van der Waals surface area contributed by atoms with Gasteiger partial charge in [-0.15, -0.1) is 5.53 Å². The van der Waals surface area contributed by atoms with Gasteiger partial charge in [0.2, 0.25) is 0 Å². The number of hydrogen-bond acceptors (Lipinski definition) is 7. The molecule has 1 unspecified atom stereocenters. The van der Waals surface area contributed by atoms with Gasteiger partial charge in [0.15, 0.2) is 0 Å². The Labute approximate surface area is 263 Å². The maximum atomic E-state index is 9.91. The van der Waals surface area contributed by atoms with Gasteiger partial charge in [0.05, 0.1) is 38.5 Å². The second-order valence-electron chi connectivity index (χ2n) is 12.7. The Morgan fingerprint density at radius 3 is 2.44 bits per heavy atom. The zero-order valence-corrected chi connectivity index (χ0v) is 26.2. The van der Waals surface area contributed by atoms with E-state index in [1.54, 1.807) is 6.20 Å². The SMILES string of the molecule is BC(Nc1cc(Cl)c2ncc(C#N)c(NCC(C)(C)C)c2c1)(C1=CN(C2(c3ccccc3)CC2)NN1)c1ccccc1Cl. The molecule has 1 atom stereocenters. The third-order valence-electron chi connectivity index (χ3n) is 8.25. The van der Waals surface area contributed by atoms with Crippen LogP contribution in [0.5, 0.6) is 0 Å². The van der Waals surface area contributed by atoms with Crippen molar-refractivity contribution >= 4 is 53.3 Å². The van der Waals surface area contributed by atoms with E-state index in [9.17, 15) is 5.26 Å². The summed E-state index contributed by atoms with van der Waals surface area (Å²) in [6, 6.07) is 24.6. The van der Waals surface area contributed by atoms with Crippen LogP contribution in [0.2, 0.25) is 10.0 Å². The lowest BCUT2D eigenvalue weighted by molar-refractivity contribution is 0.176. The molecule has 43 heavy (non-hydrogen) atoms. The fraction of sp³-hybridized carbons (Fsp3) is 0.273. The van der Waals surface area contributed by atoms with Gasteiger partial charge in [-0.25, -0.2) is 0 Å². The first-order chi connectivity index (χ1) is 20.5. The first-order valence-electron chi connectivity index (χ1n) is 14.4. The van der Waals surface area contributed by atoms with E-state index in [-0.39, 0.29) is 11.0 Å². The second kappa shape index (κ2) is 11.0. The first kappa shape index (κ1) is 29.2. The van der Waals surface area contributed by atoms with Gasteiger partial charge in [0, 0.05) is 35.0 Å². The van der Waals surface area contributed by atoms with Gasteiger partial charge in [-0.1, -0.05) is 92.5 Å². The molecule has 0 radical (unpaired) electrons. The highest BCUT2D eigenvalue weighted by Gasteiger charge is 2.51. The molecule has 0 spiro atoms. The number of fused-ring (bicyclic) bond motifs is 1. The molecule has 1 aromatic heterocycles. The predicted molar refractivity (Wildman–Crippen MR) is 178 cm³/mol. The molecule has 10 heteroatoms. The molecule has 6 rings (SSSR count). The standard InChI is InChI=1S/C33H34BCl2N7/c1-31(2,3)20-39-29-21(17-37)18-38-30-24(29)15-23(16-27(30)36)40-33(34,25-11-7-8-12-26(25)35)28-19-43(42-41-28)32(13-14-32)22-9-5-4-6-10-22/h4-12,15-16,18-19,40-42H,13-14,20,34H2,1-3H3,(H,38,39). The van der Waals surface area contributed by atoms with Crippen molar-refractivity contribution in [2.75, 3.05) is 17.2 Å². The Bertz CT molecular complexity index is 1760. The molecule has 2 aliphatic rings. The highest BCUT2D eigenvalue weighted by molar-refractivity contribution is 6.36. The van der Waals surface area contributed by atoms with E-state index in [1.807, 2.05) is 42.5 Å². The Balaban J connectivity index is 1.44. The van der Waals surface area contributed by atoms with Gasteiger partial charge in [0.1, 0.15) is 13.9 Å². The monoisotopic (exact) mass is 609 g/mol. The number of rotatable bonds is 8. The lowest BCUT2D eigenvalue weighted by Crippen LogP contribution is -2.47. The Kier molecular flexibility index (Phi) is 7.46. The van der Waals surface area contributed by atoms with Gasteiger partial charge < -0.3 is 16.1 Å². The summed E-state index contributed by atoms with van der Waals surface area (Å²) in [6.45, 7) is 7.11. The number of pyridine rings is 1. The van der Waals surface area contributed by atoms with Crippen molar-refractivity contribution in [2.45, 2.75) is 44.6 Å². The van der Waals surface area contributed by atoms with Crippen molar-refractivity contribution in [2.24, 2.45) is 5.41 Å². The van der Waals surface area contributed by atoms with E-state index in [4.69, 9.17) is 23.2 Å². The Morgan fingerprint density at radius 1 is 1.05 bits per heavy atom. The number of nitriles is 1. The fourth-order valence-electron chi connectivity index (χ4n) is 5.73. The lowest BCUT2D eigenvalue weighted by atomic mass is 9.69. The number of aromatic nitrogens is 1. The van der Waals surface area contributed by atoms with Gasteiger partial charge in [-0.3, -0.25) is 9.99 Å². The molecule has 2 heterocycles. The topological polar surface area (TPSA) is 88.0 Å². The third kappa shape index (κ3) is 5.49. The maximum absolute atomic E-state index is 9.91. The smallest absolute Gasteiger partial charge is 0.148 e. The van der Waals surface area contributed by atoms with E-state index in [0.717, 1.165) is 40.9 Å². The van der Waals surface area contributed by atoms with Crippen molar-refractivity contribution < 1.29 is 0 Å². The van der Waals surface area contributed by atoms with Gasteiger partial charge in [-0.2, -0.15) is 5.26 Å². The molecular formula is C33H34BCl2N7. The number of halogens is 2. The van der Waals surface area contributed by atoms with Crippen LogP contribution in [-0.4, -0.2) is 24.4 Å². The zero-order chi connectivity index (χ0) is 30.4. The predicted octanol–water partition coefficient (Wildman–Crippen LogP) is 6.62. The van der Waals surface area contributed by atoms with Crippen molar-refractivity contribution in [3.8, 4) is 6.07 Å². The molecule has 4 aromatic rings. The van der Waals surface area contributed by atoms with Gasteiger partial charge in [-0.05, 0) is 47.6 Å². The van der Waals surface area contributed by atoms with Crippen LogP contribution in [0.25, 0.3) is 10.9 Å². The summed E-state index contributed by atoms with van der Waals surface area (Å²) in [7, 11) is 2.10. The number of nitrogens with one attached hydrogen (secondary N) is 4. The molecule has 1 saturated carbocycles. The maximum Gasteiger partial charge on any atom is 0.148 e. The van der Waals surface area contributed by atoms with E-state index in [2.05, 4.69) is 96.7 Å². The number of hydrazine groups is 2. The summed E-state index contributed by atoms with van der Waals surface area (Å²) in [5, 5.41) is 21.2. The van der Waals surface area contributed by atoms with Crippen LogP contribution in [0, 0.1) is 16.7 Å². The number of benzene rings is 3. The fourth-order valence-corrected chi connectivity index (χ4v) is 6.32. The largest absolute Gasteiger partial charge is 0.383 e. The second-order valence-corrected chi connectivity index (χ2v) is 13.5. The first-order valence-corrected chi connectivity index (χ1v) is 15.2.